The molecule has 0 unspecified atom stereocenters. The van der Waals surface area contributed by atoms with E-state index in [0.717, 1.165) is 5.69 Å². The van der Waals surface area contributed by atoms with E-state index in [-0.39, 0.29) is 11.9 Å². The van der Waals surface area contributed by atoms with Crippen molar-refractivity contribution in [1.82, 2.24) is 10.3 Å². The number of benzene rings is 1. The zero-order valence-corrected chi connectivity index (χ0v) is 11.7. The summed E-state index contributed by atoms with van der Waals surface area (Å²) in [5, 5.41) is 14.8. The minimum atomic E-state index is -0.248. The van der Waals surface area contributed by atoms with Crippen LogP contribution >= 0.6 is 0 Å². The van der Waals surface area contributed by atoms with Crippen molar-refractivity contribution in [3.05, 3.63) is 59.9 Å². The topological polar surface area (TPSA) is 77.8 Å². The molecule has 0 spiro atoms. The second-order valence-electron chi connectivity index (χ2n) is 4.67. The fourth-order valence-electron chi connectivity index (χ4n) is 1.77. The van der Waals surface area contributed by atoms with Crippen LogP contribution in [0.5, 0.6) is 0 Å². The Morgan fingerprint density at radius 2 is 2.05 bits per heavy atom. The van der Waals surface area contributed by atoms with Gasteiger partial charge in [0.15, 0.2) is 0 Å². The second-order valence-corrected chi connectivity index (χ2v) is 4.67. The van der Waals surface area contributed by atoms with E-state index in [1.807, 2.05) is 43.3 Å². The van der Waals surface area contributed by atoms with Crippen molar-refractivity contribution in [3.8, 4) is 6.07 Å². The smallest absolute Gasteiger partial charge is 0.270 e. The minimum Gasteiger partial charge on any atom is -0.383 e. The number of hydrogen-bond acceptors (Lipinski definition) is 4. The summed E-state index contributed by atoms with van der Waals surface area (Å²) in [6.07, 6.45) is 1.39. The third kappa shape index (κ3) is 4.32. The van der Waals surface area contributed by atoms with E-state index in [1.165, 1.54) is 6.20 Å². The number of amides is 1. The van der Waals surface area contributed by atoms with E-state index in [4.69, 9.17) is 5.26 Å². The van der Waals surface area contributed by atoms with Gasteiger partial charge in [-0.3, -0.25) is 4.79 Å². The molecule has 1 aromatic heterocycles. The van der Waals surface area contributed by atoms with Gasteiger partial charge in [0.2, 0.25) is 0 Å². The molecule has 106 valence electrons. The molecule has 5 nitrogen and oxygen atoms in total. The first kappa shape index (κ1) is 14.5. The van der Waals surface area contributed by atoms with E-state index in [9.17, 15) is 4.79 Å². The van der Waals surface area contributed by atoms with Crippen molar-refractivity contribution in [2.45, 2.75) is 13.0 Å². The van der Waals surface area contributed by atoms with Crippen LogP contribution in [-0.2, 0) is 0 Å². The van der Waals surface area contributed by atoms with Gasteiger partial charge in [0.25, 0.3) is 5.91 Å². The quantitative estimate of drug-likeness (QED) is 0.880. The van der Waals surface area contributed by atoms with E-state index in [1.54, 1.807) is 12.1 Å². The van der Waals surface area contributed by atoms with Gasteiger partial charge in [0.1, 0.15) is 11.8 Å². The molecule has 0 bridgehead atoms. The monoisotopic (exact) mass is 280 g/mol. The van der Waals surface area contributed by atoms with Gasteiger partial charge in [-0.25, -0.2) is 4.98 Å². The summed E-state index contributed by atoms with van der Waals surface area (Å²) in [5.74, 6) is -0.248. The molecule has 0 fully saturated rings. The average Bonchev–Trinajstić information content (AvgIpc) is 2.54. The Hall–Kier alpha value is -2.87. The number of para-hydroxylation sites is 1. The third-order valence-corrected chi connectivity index (χ3v) is 2.89. The Kier molecular flexibility index (Phi) is 4.89. The molecule has 21 heavy (non-hydrogen) atoms. The van der Waals surface area contributed by atoms with Crippen LogP contribution in [0.3, 0.4) is 0 Å². The molecule has 0 saturated heterocycles. The van der Waals surface area contributed by atoms with Crippen LogP contribution in [0.4, 0.5) is 5.69 Å². The Balaban J connectivity index is 1.85. The Morgan fingerprint density at radius 1 is 1.29 bits per heavy atom. The molecule has 0 aliphatic carbocycles. The van der Waals surface area contributed by atoms with Gasteiger partial charge in [-0.1, -0.05) is 18.2 Å². The highest BCUT2D eigenvalue weighted by atomic mass is 16.1. The molecule has 0 aliphatic rings. The molecule has 2 rings (SSSR count). The van der Waals surface area contributed by atoms with Gasteiger partial charge in [0, 0.05) is 24.5 Å². The lowest BCUT2D eigenvalue weighted by Gasteiger charge is -2.15. The lowest BCUT2D eigenvalue weighted by molar-refractivity contribution is 0.0937. The van der Waals surface area contributed by atoms with Crippen molar-refractivity contribution in [3.63, 3.8) is 0 Å². The number of pyridine rings is 1. The third-order valence-electron chi connectivity index (χ3n) is 2.89. The molecule has 0 saturated carbocycles. The van der Waals surface area contributed by atoms with Crippen molar-refractivity contribution in [1.29, 1.82) is 5.26 Å². The summed E-state index contributed by atoms with van der Waals surface area (Å²) in [6.45, 7) is 2.53. The molecule has 1 amide bonds. The minimum absolute atomic E-state index is 0.0462. The first-order valence-electron chi connectivity index (χ1n) is 6.65. The average molecular weight is 280 g/mol. The van der Waals surface area contributed by atoms with Crippen LogP contribution in [-0.4, -0.2) is 23.5 Å². The highest BCUT2D eigenvalue weighted by Crippen LogP contribution is 2.05. The SMILES string of the molecule is C[C@@H](CNc1ccccc1)NC(=O)c1ccc(C#N)cn1. The molecular formula is C16H16N4O. The fraction of sp³-hybridized carbons (Fsp3) is 0.188. The highest BCUT2D eigenvalue weighted by molar-refractivity contribution is 5.92. The lowest BCUT2D eigenvalue weighted by Crippen LogP contribution is -2.37. The zero-order valence-electron chi connectivity index (χ0n) is 11.7. The molecule has 1 heterocycles. The van der Waals surface area contributed by atoms with Crippen LogP contribution in [0.15, 0.2) is 48.7 Å². The molecule has 5 heteroatoms. The summed E-state index contributed by atoms with van der Waals surface area (Å²) in [4.78, 5) is 15.9. The van der Waals surface area contributed by atoms with Gasteiger partial charge < -0.3 is 10.6 Å². The molecule has 1 aromatic carbocycles. The van der Waals surface area contributed by atoms with Gasteiger partial charge in [-0.2, -0.15) is 5.26 Å². The highest BCUT2D eigenvalue weighted by Gasteiger charge is 2.10. The van der Waals surface area contributed by atoms with Crippen LogP contribution in [0.2, 0.25) is 0 Å². The van der Waals surface area contributed by atoms with Crippen LogP contribution in [0, 0.1) is 11.3 Å². The van der Waals surface area contributed by atoms with Gasteiger partial charge in [0.05, 0.1) is 5.56 Å². The predicted octanol–water partition coefficient (Wildman–Crippen LogP) is 2.18. The fourth-order valence-corrected chi connectivity index (χ4v) is 1.77. The summed E-state index contributed by atoms with van der Waals surface area (Å²) in [5.41, 5.74) is 1.75. The van der Waals surface area contributed by atoms with E-state index >= 15 is 0 Å². The number of nitrogens with zero attached hydrogens (tertiary/aromatic N) is 2. The maximum Gasteiger partial charge on any atom is 0.270 e. The van der Waals surface area contributed by atoms with E-state index < -0.39 is 0 Å². The zero-order chi connectivity index (χ0) is 15.1. The number of carbonyl (C=O) groups excluding carboxylic acids is 1. The van der Waals surface area contributed by atoms with E-state index in [0.29, 0.717) is 17.8 Å². The largest absolute Gasteiger partial charge is 0.383 e. The number of nitriles is 1. The van der Waals surface area contributed by atoms with Gasteiger partial charge in [-0.05, 0) is 31.2 Å². The second kappa shape index (κ2) is 7.06. The molecule has 0 radical (unpaired) electrons. The summed E-state index contributed by atoms with van der Waals surface area (Å²) >= 11 is 0. The molecule has 2 N–H and O–H groups in total. The van der Waals surface area contributed by atoms with Crippen molar-refractivity contribution in [2.24, 2.45) is 0 Å². The number of aromatic nitrogens is 1. The Bertz CT molecular complexity index is 632. The van der Waals surface area contributed by atoms with Crippen LogP contribution in [0.1, 0.15) is 23.0 Å². The van der Waals surface area contributed by atoms with Crippen LogP contribution in [0.25, 0.3) is 0 Å². The number of nitrogens with one attached hydrogen (secondary N) is 2. The summed E-state index contributed by atoms with van der Waals surface area (Å²) in [6, 6.07) is 14.8. The lowest BCUT2D eigenvalue weighted by atomic mass is 10.2. The number of hydrogen-bond donors (Lipinski definition) is 2. The molecule has 1 atom stereocenters. The molecular weight excluding hydrogens is 264 g/mol. The maximum atomic E-state index is 12.0. The first-order valence-corrected chi connectivity index (χ1v) is 6.65. The van der Waals surface area contributed by atoms with Crippen molar-refractivity contribution in [2.75, 3.05) is 11.9 Å². The van der Waals surface area contributed by atoms with Gasteiger partial charge in [-0.15, -0.1) is 0 Å². The Labute approximate surface area is 123 Å². The van der Waals surface area contributed by atoms with Crippen LogP contribution < -0.4 is 10.6 Å². The number of carbonyl (C=O) groups is 1. The summed E-state index contributed by atoms with van der Waals surface area (Å²) < 4.78 is 0. The standard InChI is InChI=1S/C16H16N4O/c1-12(10-18-14-5-3-2-4-6-14)20-16(21)15-8-7-13(9-17)11-19-15/h2-8,11-12,18H,10H2,1H3,(H,20,21)/t12-/m0/s1. The first-order chi connectivity index (χ1) is 10.2. The molecule has 2 aromatic rings. The van der Waals surface area contributed by atoms with Crippen molar-refractivity contribution >= 4 is 11.6 Å². The number of anilines is 1. The normalized spacial score (nSPS) is 11.2. The summed E-state index contributed by atoms with van der Waals surface area (Å²) in [7, 11) is 0. The maximum absolute atomic E-state index is 12.0. The molecule has 0 aliphatic heterocycles. The Morgan fingerprint density at radius 3 is 2.67 bits per heavy atom. The predicted molar refractivity (Wildman–Crippen MR) is 80.8 cm³/mol. The number of rotatable bonds is 5. The van der Waals surface area contributed by atoms with Crippen molar-refractivity contribution < 1.29 is 4.79 Å². The van der Waals surface area contributed by atoms with Gasteiger partial charge >= 0.3 is 0 Å². The van der Waals surface area contributed by atoms with E-state index in [2.05, 4.69) is 15.6 Å².